The summed E-state index contributed by atoms with van der Waals surface area (Å²) in [5.74, 6) is 0. The summed E-state index contributed by atoms with van der Waals surface area (Å²) in [6.45, 7) is 7.21. The van der Waals surface area contributed by atoms with Gasteiger partial charge in [-0.25, -0.2) is 8.78 Å². The van der Waals surface area contributed by atoms with E-state index in [0.717, 1.165) is 6.54 Å². The van der Waals surface area contributed by atoms with Crippen LogP contribution >= 0.6 is 0 Å². The van der Waals surface area contributed by atoms with Crippen molar-refractivity contribution < 1.29 is 8.78 Å². The monoisotopic (exact) mass is 180 g/mol. The molecule has 0 unspecified atom stereocenters. The van der Waals surface area contributed by atoms with Gasteiger partial charge in [-0.2, -0.15) is 0 Å². The van der Waals surface area contributed by atoms with Crippen LogP contribution in [0.3, 0.4) is 0 Å². The molecule has 0 aliphatic carbocycles. The molecule has 0 saturated heterocycles. The van der Waals surface area contributed by atoms with E-state index in [9.17, 15) is 8.78 Å². The molecule has 2 N–H and O–H groups in total. The molecule has 0 atom stereocenters. The molecule has 0 radical (unpaired) electrons. The maximum absolute atomic E-state index is 11.6. The molecule has 0 bridgehead atoms. The van der Waals surface area contributed by atoms with Crippen molar-refractivity contribution in [2.45, 2.75) is 32.7 Å². The van der Waals surface area contributed by atoms with E-state index < -0.39 is 6.43 Å². The first kappa shape index (κ1) is 11.8. The van der Waals surface area contributed by atoms with E-state index in [1.165, 1.54) is 0 Å². The van der Waals surface area contributed by atoms with E-state index >= 15 is 0 Å². The molecule has 0 fully saturated rings. The highest BCUT2D eigenvalue weighted by Gasteiger charge is 2.07. The Labute approximate surface area is 72.7 Å². The van der Waals surface area contributed by atoms with E-state index in [1.807, 2.05) is 20.8 Å². The van der Waals surface area contributed by atoms with Crippen LogP contribution in [0.25, 0.3) is 0 Å². The molecule has 0 saturated carbocycles. The summed E-state index contributed by atoms with van der Waals surface area (Å²) in [6, 6.07) is 0. The highest BCUT2D eigenvalue weighted by molar-refractivity contribution is 4.70. The van der Waals surface area contributed by atoms with Crippen molar-refractivity contribution in [1.82, 2.24) is 10.6 Å². The van der Waals surface area contributed by atoms with Crippen LogP contribution in [0.2, 0.25) is 0 Å². The summed E-state index contributed by atoms with van der Waals surface area (Å²) in [7, 11) is 0. The quantitative estimate of drug-likeness (QED) is 0.622. The molecule has 0 aromatic rings. The molecule has 4 heteroatoms. The van der Waals surface area contributed by atoms with Crippen LogP contribution in [0.5, 0.6) is 0 Å². The highest BCUT2D eigenvalue weighted by Crippen LogP contribution is 1.96. The third-order valence-electron chi connectivity index (χ3n) is 1.26. The van der Waals surface area contributed by atoms with Crippen molar-refractivity contribution in [3.05, 3.63) is 0 Å². The van der Waals surface area contributed by atoms with Gasteiger partial charge in [0, 0.05) is 18.6 Å². The predicted octanol–water partition coefficient (Wildman–Crippen LogP) is 1.23. The minimum atomic E-state index is -2.25. The highest BCUT2D eigenvalue weighted by atomic mass is 19.3. The number of alkyl halides is 2. The molecule has 0 amide bonds. The van der Waals surface area contributed by atoms with Crippen molar-refractivity contribution in [3.63, 3.8) is 0 Å². The Morgan fingerprint density at radius 3 is 2.17 bits per heavy atom. The second-order valence-electron chi connectivity index (χ2n) is 3.77. The number of hydrogen-bond acceptors (Lipinski definition) is 2. The van der Waals surface area contributed by atoms with Gasteiger partial charge in [-0.15, -0.1) is 0 Å². The summed E-state index contributed by atoms with van der Waals surface area (Å²) >= 11 is 0. The smallest absolute Gasteiger partial charge is 0.250 e. The second-order valence-corrected chi connectivity index (χ2v) is 3.77. The minimum Gasteiger partial charge on any atom is -0.311 e. The lowest BCUT2D eigenvalue weighted by Crippen LogP contribution is -2.40. The Morgan fingerprint density at radius 1 is 1.17 bits per heavy atom. The standard InChI is InChI=1S/C8H18F2N2/c1-8(2,3)12-5-4-11-6-7(9)10/h7,11-12H,4-6H2,1-3H3. The fraction of sp³-hybridized carbons (Fsp3) is 1.00. The molecule has 0 rings (SSSR count). The fourth-order valence-electron chi connectivity index (χ4n) is 0.737. The number of rotatable bonds is 5. The van der Waals surface area contributed by atoms with E-state index in [0.29, 0.717) is 6.54 Å². The third kappa shape index (κ3) is 9.78. The van der Waals surface area contributed by atoms with E-state index in [4.69, 9.17) is 0 Å². The average molecular weight is 180 g/mol. The molecule has 2 nitrogen and oxygen atoms in total. The van der Waals surface area contributed by atoms with Crippen molar-refractivity contribution in [1.29, 1.82) is 0 Å². The predicted molar refractivity (Wildman–Crippen MR) is 46.6 cm³/mol. The number of halogens is 2. The Hall–Kier alpha value is -0.220. The van der Waals surface area contributed by atoms with Gasteiger partial charge in [-0.05, 0) is 20.8 Å². The van der Waals surface area contributed by atoms with Gasteiger partial charge in [-0.1, -0.05) is 0 Å². The normalized spacial score (nSPS) is 12.5. The van der Waals surface area contributed by atoms with Gasteiger partial charge < -0.3 is 10.6 Å². The van der Waals surface area contributed by atoms with Crippen molar-refractivity contribution in [2.24, 2.45) is 0 Å². The zero-order valence-electron chi connectivity index (χ0n) is 7.95. The molecule has 0 aliphatic rings. The lowest BCUT2D eigenvalue weighted by Gasteiger charge is -2.20. The van der Waals surface area contributed by atoms with Crippen LogP contribution in [0.15, 0.2) is 0 Å². The molecule has 0 heterocycles. The lowest BCUT2D eigenvalue weighted by atomic mass is 10.1. The van der Waals surface area contributed by atoms with Gasteiger partial charge in [-0.3, -0.25) is 0 Å². The molecule has 12 heavy (non-hydrogen) atoms. The molecule has 0 spiro atoms. The molecule has 0 aromatic carbocycles. The van der Waals surface area contributed by atoms with E-state index in [2.05, 4.69) is 10.6 Å². The summed E-state index contributed by atoms with van der Waals surface area (Å²) in [5, 5.41) is 5.83. The summed E-state index contributed by atoms with van der Waals surface area (Å²) < 4.78 is 23.2. The van der Waals surface area contributed by atoms with E-state index in [1.54, 1.807) is 0 Å². The molecule has 74 valence electrons. The van der Waals surface area contributed by atoms with Gasteiger partial charge in [0.2, 0.25) is 0 Å². The lowest BCUT2D eigenvalue weighted by molar-refractivity contribution is 0.146. The van der Waals surface area contributed by atoms with Crippen LogP contribution in [0.1, 0.15) is 20.8 Å². The van der Waals surface area contributed by atoms with Gasteiger partial charge >= 0.3 is 0 Å². The summed E-state index contributed by atoms with van der Waals surface area (Å²) in [4.78, 5) is 0. The van der Waals surface area contributed by atoms with Gasteiger partial charge in [0.05, 0.1) is 6.54 Å². The number of nitrogens with one attached hydrogen (secondary N) is 2. The zero-order valence-corrected chi connectivity index (χ0v) is 7.95. The third-order valence-corrected chi connectivity index (χ3v) is 1.26. The number of hydrogen-bond donors (Lipinski definition) is 2. The van der Waals surface area contributed by atoms with Crippen molar-refractivity contribution in [3.8, 4) is 0 Å². The molecule has 0 aromatic heterocycles. The SMILES string of the molecule is CC(C)(C)NCCNCC(F)F. The first-order valence-electron chi connectivity index (χ1n) is 4.16. The second kappa shape index (κ2) is 5.43. The van der Waals surface area contributed by atoms with Crippen LogP contribution in [-0.2, 0) is 0 Å². The van der Waals surface area contributed by atoms with Gasteiger partial charge in [0.25, 0.3) is 6.43 Å². The van der Waals surface area contributed by atoms with Crippen LogP contribution < -0.4 is 10.6 Å². The minimum absolute atomic E-state index is 0.0620. The molecular weight excluding hydrogens is 162 g/mol. The van der Waals surface area contributed by atoms with E-state index in [-0.39, 0.29) is 12.1 Å². The van der Waals surface area contributed by atoms with Crippen LogP contribution in [0, 0.1) is 0 Å². The summed E-state index contributed by atoms with van der Waals surface area (Å²) in [5.41, 5.74) is 0.0620. The van der Waals surface area contributed by atoms with Gasteiger partial charge in [0.15, 0.2) is 0 Å². The largest absolute Gasteiger partial charge is 0.311 e. The zero-order chi connectivity index (χ0) is 9.61. The van der Waals surface area contributed by atoms with Crippen LogP contribution in [-0.4, -0.2) is 31.6 Å². The topological polar surface area (TPSA) is 24.1 Å². The maximum atomic E-state index is 11.6. The Kier molecular flexibility index (Phi) is 5.33. The Balaban J connectivity index is 3.12. The van der Waals surface area contributed by atoms with Gasteiger partial charge in [0.1, 0.15) is 0 Å². The Bertz CT molecular complexity index is 110. The first-order chi connectivity index (χ1) is 5.42. The average Bonchev–Trinajstić information content (AvgIpc) is 1.83. The Morgan fingerprint density at radius 2 is 1.75 bits per heavy atom. The molecule has 0 aliphatic heterocycles. The van der Waals surface area contributed by atoms with Crippen molar-refractivity contribution >= 4 is 0 Å². The summed E-state index contributed by atoms with van der Waals surface area (Å²) in [6.07, 6.45) is -2.25. The van der Waals surface area contributed by atoms with Crippen molar-refractivity contribution in [2.75, 3.05) is 19.6 Å². The first-order valence-corrected chi connectivity index (χ1v) is 4.16. The van der Waals surface area contributed by atoms with Crippen LogP contribution in [0.4, 0.5) is 8.78 Å². The molecular formula is C8H18F2N2. The maximum Gasteiger partial charge on any atom is 0.250 e. The fourth-order valence-corrected chi connectivity index (χ4v) is 0.737.